The second kappa shape index (κ2) is 9.88. The normalized spacial score (nSPS) is 32.0. The third-order valence-corrected chi connectivity index (χ3v) is 9.31. The molecule has 8 N–H and O–H groups in total. The lowest BCUT2D eigenvalue weighted by molar-refractivity contribution is -0.184. The zero-order chi connectivity index (χ0) is 30.1. The number of phenolic OH excluding ortho intramolecular Hbond substituents is 1. The number of primary amides is 1. The molecule has 12 nitrogen and oxygen atoms in total. The molecule has 1 aromatic rings. The van der Waals surface area contributed by atoms with Gasteiger partial charge in [0, 0.05) is 17.2 Å². The molecule has 220 valence electrons. The number of amides is 1. The van der Waals surface area contributed by atoms with Crippen LogP contribution in [0.5, 0.6) is 5.75 Å². The van der Waals surface area contributed by atoms with Crippen molar-refractivity contribution in [3.63, 3.8) is 0 Å². The Morgan fingerprint density at radius 1 is 1.07 bits per heavy atom. The summed E-state index contributed by atoms with van der Waals surface area (Å²) in [6, 6.07) is 1.31. The SMILES string of the molecule is C[C@H]1c2c(N)ccc(O)c2C(=O)C2=C(O)[C@]3(O)C(=O)C(C(N)=O)=C(O)[C@@H](N(C)C)[C@@H]3[C@@H](OC(=O)C3CCCCC3)[C@@H]21. The molecule has 0 aliphatic heterocycles. The van der Waals surface area contributed by atoms with Crippen LogP contribution in [0.25, 0.3) is 0 Å². The predicted molar refractivity (Wildman–Crippen MR) is 145 cm³/mol. The van der Waals surface area contributed by atoms with E-state index in [1.165, 1.54) is 31.1 Å². The van der Waals surface area contributed by atoms with Crippen molar-refractivity contribution in [2.75, 3.05) is 19.8 Å². The van der Waals surface area contributed by atoms with E-state index >= 15 is 0 Å². The number of nitrogens with two attached hydrogens (primary N) is 2. The summed E-state index contributed by atoms with van der Waals surface area (Å²) in [6.45, 7) is 1.67. The largest absolute Gasteiger partial charge is 0.510 e. The number of aliphatic hydroxyl groups excluding tert-OH is 2. The monoisotopic (exact) mass is 569 g/mol. The fraction of sp³-hybridized carbons (Fsp3) is 0.517. The molecule has 4 aliphatic carbocycles. The van der Waals surface area contributed by atoms with Gasteiger partial charge in [-0.15, -0.1) is 0 Å². The zero-order valence-electron chi connectivity index (χ0n) is 23.1. The highest BCUT2D eigenvalue weighted by atomic mass is 16.5. The Balaban J connectivity index is 1.80. The number of aromatic hydroxyl groups is 1. The fourth-order valence-corrected chi connectivity index (χ4v) is 7.42. The molecule has 0 unspecified atom stereocenters. The second-order valence-electron chi connectivity index (χ2n) is 11.8. The maximum Gasteiger partial charge on any atom is 0.309 e. The number of esters is 1. The number of carbonyl (C=O) groups excluding carboxylic acids is 4. The number of phenols is 1. The van der Waals surface area contributed by atoms with Gasteiger partial charge >= 0.3 is 5.97 Å². The van der Waals surface area contributed by atoms with E-state index in [1.807, 2.05) is 0 Å². The van der Waals surface area contributed by atoms with E-state index in [4.69, 9.17) is 16.2 Å². The third kappa shape index (κ3) is 3.95. The number of ketones is 2. The summed E-state index contributed by atoms with van der Waals surface area (Å²) >= 11 is 0. The highest BCUT2D eigenvalue weighted by Crippen LogP contribution is 2.57. The Labute approximate surface area is 236 Å². The van der Waals surface area contributed by atoms with Crippen molar-refractivity contribution in [1.82, 2.24) is 4.90 Å². The maximum absolute atomic E-state index is 14.0. The standard InChI is InChI=1S/C29H35N3O9/c1-11-15-13(30)9-10-14(33)17(15)22(34)18-16(11)24(41-28(39)12-7-5-4-6-8-12)20-21(32(2)3)23(35)19(27(31)38)26(37)29(20,40)25(18)36/h9-12,16,20-21,24,33,35-36,40H,4-8,30H2,1-3H3,(H2,31,38)/t11-,16+,20+,21-,24-,29-/m0/s1. The van der Waals surface area contributed by atoms with Crippen molar-refractivity contribution in [3.05, 3.63) is 45.9 Å². The highest BCUT2D eigenvalue weighted by Gasteiger charge is 2.68. The van der Waals surface area contributed by atoms with Gasteiger partial charge in [0.25, 0.3) is 5.91 Å². The molecule has 0 radical (unpaired) electrons. The van der Waals surface area contributed by atoms with Crippen LogP contribution in [0.15, 0.2) is 34.8 Å². The number of hydrogen-bond donors (Lipinski definition) is 6. The van der Waals surface area contributed by atoms with Gasteiger partial charge in [0.05, 0.1) is 23.4 Å². The van der Waals surface area contributed by atoms with Crippen LogP contribution in [-0.2, 0) is 19.1 Å². The quantitative estimate of drug-likeness (QED) is 0.132. The van der Waals surface area contributed by atoms with E-state index in [0.29, 0.717) is 12.8 Å². The lowest BCUT2D eigenvalue weighted by atomic mass is 9.55. The zero-order valence-corrected chi connectivity index (χ0v) is 23.1. The number of fused-ring (bicyclic) bond motifs is 3. The van der Waals surface area contributed by atoms with Crippen molar-refractivity contribution < 1.29 is 44.3 Å². The van der Waals surface area contributed by atoms with Crippen LogP contribution in [0, 0.1) is 17.8 Å². The van der Waals surface area contributed by atoms with E-state index in [0.717, 1.165) is 19.3 Å². The number of benzene rings is 1. The van der Waals surface area contributed by atoms with Gasteiger partial charge in [-0.2, -0.15) is 0 Å². The van der Waals surface area contributed by atoms with Crippen molar-refractivity contribution in [2.45, 2.75) is 62.7 Å². The van der Waals surface area contributed by atoms with Gasteiger partial charge in [0.2, 0.25) is 5.78 Å². The van der Waals surface area contributed by atoms with Crippen LogP contribution < -0.4 is 11.5 Å². The molecule has 5 rings (SSSR count). The number of aliphatic hydroxyl groups is 3. The average molecular weight is 570 g/mol. The van der Waals surface area contributed by atoms with E-state index in [9.17, 15) is 39.6 Å². The van der Waals surface area contributed by atoms with Gasteiger partial charge in [-0.25, -0.2) is 0 Å². The molecule has 1 amide bonds. The second-order valence-corrected chi connectivity index (χ2v) is 11.8. The van der Waals surface area contributed by atoms with Gasteiger partial charge in [-0.3, -0.25) is 24.1 Å². The van der Waals surface area contributed by atoms with E-state index in [-0.39, 0.29) is 16.8 Å². The summed E-state index contributed by atoms with van der Waals surface area (Å²) in [5, 5.41) is 45.6. The molecule has 0 spiro atoms. The van der Waals surface area contributed by atoms with Crippen molar-refractivity contribution in [3.8, 4) is 5.75 Å². The molecule has 0 aromatic heterocycles. The van der Waals surface area contributed by atoms with Crippen LogP contribution in [-0.4, -0.2) is 80.6 Å². The maximum atomic E-state index is 14.0. The van der Waals surface area contributed by atoms with Crippen molar-refractivity contribution in [2.24, 2.45) is 23.5 Å². The van der Waals surface area contributed by atoms with Gasteiger partial charge in [0.1, 0.15) is 28.9 Å². The molecule has 0 heterocycles. The van der Waals surface area contributed by atoms with Gasteiger partial charge < -0.3 is 36.6 Å². The molecule has 0 bridgehead atoms. The van der Waals surface area contributed by atoms with Gasteiger partial charge in [-0.1, -0.05) is 26.2 Å². The molecule has 41 heavy (non-hydrogen) atoms. The van der Waals surface area contributed by atoms with Crippen molar-refractivity contribution in [1.29, 1.82) is 0 Å². The smallest absolute Gasteiger partial charge is 0.309 e. The van der Waals surface area contributed by atoms with Crippen LogP contribution in [0.2, 0.25) is 0 Å². The first kappa shape index (κ1) is 28.6. The number of rotatable bonds is 4. The van der Waals surface area contributed by atoms with Crippen LogP contribution >= 0.6 is 0 Å². The first-order valence-electron chi connectivity index (χ1n) is 13.7. The minimum atomic E-state index is -2.97. The average Bonchev–Trinajstić information content (AvgIpc) is 2.91. The Kier molecular flexibility index (Phi) is 6.90. The molecule has 1 saturated carbocycles. The number of ether oxygens (including phenoxy) is 1. The molecular formula is C29H35N3O9. The molecular weight excluding hydrogens is 534 g/mol. The molecule has 0 saturated heterocycles. The van der Waals surface area contributed by atoms with Crippen LogP contribution in [0.1, 0.15) is 60.9 Å². The molecule has 6 atom stereocenters. The summed E-state index contributed by atoms with van der Waals surface area (Å²) in [4.78, 5) is 55.1. The summed E-state index contributed by atoms with van der Waals surface area (Å²) in [5.74, 6) is -10.4. The predicted octanol–water partition coefficient (Wildman–Crippen LogP) is 1.37. The fourth-order valence-electron chi connectivity index (χ4n) is 7.42. The number of Topliss-reactive ketones (excluding diaryl/α,β-unsaturated/α-hetero) is 2. The first-order chi connectivity index (χ1) is 19.2. The summed E-state index contributed by atoms with van der Waals surface area (Å²) in [7, 11) is 3.01. The molecule has 1 fully saturated rings. The Morgan fingerprint density at radius 3 is 2.29 bits per heavy atom. The van der Waals surface area contributed by atoms with Crippen LogP contribution in [0.4, 0.5) is 5.69 Å². The van der Waals surface area contributed by atoms with Gasteiger partial charge in [0.15, 0.2) is 11.4 Å². The van der Waals surface area contributed by atoms with E-state index in [2.05, 4.69) is 0 Å². The number of likely N-dealkylation sites (N-methyl/N-ethyl adjacent to an activating group) is 1. The van der Waals surface area contributed by atoms with E-state index < -0.39 is 93.3 Å². The topological polar surface area (TPSA) is 214 Å². The summed E-state index contributed by atoms with van der Waals surface area (Å²) in [5.41, 5.74) is 7.56. The minimum absolute atomic E-state index is 0.179. The lowest BCUT2D eigenvalue weighted by Gasteiger charge is -2.54. The minimum Gasteiger partial charge on any atom is -0.510 e. The first-order valence-corrected chi connectivity index (χ1v) is 13.7. The Hall–Kier alpha value is -3.90. The molecule has 4 aliphatic rings. The lowest BCUT2D eigenvalue weighted by Crippen LogP contribution is -2.69. The molecule has 1 aromatic carbocycles. The van der Waals surface area contributed by atoms with Crippen LogP contribution in [0.3, 0.4) is 0 Å². The number of hydrogen-bond acceptors (Lipinski definition) is 11. The summed E-state index contributed by atoms with van der Waals surface area (Å²) in [6.07, 6.45) is 2.30. The number of nitrogen functional groups attached to an aromatic ring is 1. The van der Waals surface area contributed by atoms with Crippen molar-refractivity contribution >= 4 is 29.1 Å². The Morgan fingerprint density at radius 2 is 1.71 bits per heavy atom. The number of carbonyl (C=O) groups is 4. The number of nitrogens with zero attached hydrogens (tertiary/aromatic N) is 1. The third-order valence-electron chi connectivity index (χ3n) is 9.31. The van der Waals surface area contributed by atoms with Gasteiger partial charge in [-0.05, 0) is 50.6 Å². The number of anilines is 1. The highest BCUT2D eigenvalue weighted by molar-refractivity contribution is 6.25. The molecule has 12 heteroatoms. The van der Waals surface area contributed by atoms with E-state index in [1.54, 1.807) is 6.92 Å². The summed E-state index contributed by atoms with van der Waals surface area (Å²) < 4.78 is 6.13. The Bertz CT molecular complexity index is 1420.